The summed E-state index contributed by atoms with van der Waals surface area (Å²) in [6, 6.07) is 9.37. The Hall–Kier alpha value is -1.56. The van der Waals surface area contributed by atoms with Crippen LogP contribution in [0.2, 0.25) is 0 Å². The van der Waals surface area contributed by atoms with E-state index in [4.69, 9.17) is 0 Å². The molecule has 0 fully saturated rings. The Bertz CT molecular complexity index is 529. The fraction of sp³-hybridized carbons (Fsp3) is 0.400. The topological polar surface area (TPSA) is 0 Å². The van der Waals surface area contributed by atoms with E-state index in [0.29, 0.717) is 0 Å². The van der Waals surface area contributed by atoms with Crippen molar-refractivity contribution in [3.8, 4) is 0 Å². The molecule has 20 heavy (non-hydrogen) atoms. The van der Waals surface area contributed by atoms with Gasteiger partial charge in [0.1, 0.15) is 0 Å². The highest BCUT2D eigenvalue weighted by Gasteiger charge is 2.04. The van der Waals surface area contributed by atoms with Gasteiger partial charge in [-0.2, -0.15) is 0 Å². The summed E-state index contributed by atoms with van der Waals surface area (Å²) in [6.45, 7) is 13.3. The third-order valence-corrected chi connectivity index (χ3v) is 4.68. The lowest BCUT2D eigenvalue weighted by atomic mass is 9.94. The van der Waals surface area contributed by atoms with E-state index >= 15 is 0 Å². The van der Waals surface area contributed by atoms with E-state index in [9.17, 15) is 0 Å². The van der Waals surface area contributed by atoms with Crippen LogP contribution < -0.4 is 0 Å². The summed E-state index contributed by atoms with van der Waals surface area (Å²) < 4.78 is 0. The van der Waals surface area contributed by atoms with Crippen LogP contribution >= 0.6 is 0 Å². The lowest BCUT2D eigenvalue weighted by Crippen LogP contribution is -1.97. The molecule has 0 spiro atoms. The van der Waals surface area contributed by atoms with Crippen LogP contribution in [0.15, 0.2) is 24.3 Å². The molecule has 0 aliphatic heterocycles. The maximum Gasteiger partial charge on any atom is -0.0238 e. The summed E-state index contributed by atoms with van der Waals surface area (Å²) in [5.41, 5.74) is 11.4. The van der Waals surface area contributed by atoms with Crippen LogP contribution in [0.4, 0.5) is 0 Å². The normalized spacial score (nSPS) is 10.9. The average Bonchev–Trinajstić information content (AvgIpc) is 2.39. The van der Waals surface area contributed by atoms with Gasteiger partial charge in [0.15, 0.2) is 0 Å². The number of hydrogen-bond donors (Lipinski definition) is 0. The van der Waals surface area contributed by atoms with Crippen LogP contribution in [0, 0.1) is 41.5 Å². The van der Waals surface area contributed by atoms with Gasteiger partial charge >= 0.3 is 0 Å². The Morgan fingerprint density at radius 1 is 0.500 bits per heavy atom. The Labute approximate surface area is 123 Å². The predicted octanol–water partition coefficient (Wildman–Crippen LogP) is 5.32. The number of rotatable bonds is 3. The van der Waals surface area contributed by atoms with Crippen LogP contribution in [0.3, 0.4) is 0 Å². The minimum Gasteiger partial charge on any atom is -0.0558 e. The Kier molecular flexibility index (Phi) is 4.32. The van der Waals surface area contributed by atoms with Crippen molar-refractivity contribution in [2.24, 2.45) is 0 Å². The number of benzene rings is 2. The Balaban J connectivity index is 2.17. The molecule has 0 unspecified atom stereocenters. The third kappa shape index (κ3) is 3.12. The van der Waals surface area contributed by atoms with Crippen molar-refractivity contribution in [3.05, 3.63) is 68.8 Å². The van der Waals surface area contributed by atoms with Crippen LogP contribution in [0.25, 0.3) is 0 Å². The summed E-state index contributed by atoms with van der Waals surface area (Å²) in [5.74, 6) is 0. The first-order valence-corrected chi connectivity index (χ1v) is 7.52. The molecule has 0 nitrogen and oxygen atoms in total. The van der Waals surface area contributed by atoms with Gasteiger partial charge in [-0.25, -0.2) is 0 Å². The minimum atomic E-state index is 1.13. The predicted molar refractivity (Wildman–Crippen MR) is 88.7 cm³/mol. The monoisotopic (exact) mass is 266 g/mol. The van der Waals surface area contributed by atoms with Crippen molar-refractivity contribution in [1.82, 2.24) is 0 Å². The van der Waals surface area contributed by atoms with Crippen LogP contribution in [-0.2, 0) is 12.8 Å². The second-order valence-corrected chi connectivity index (χ2v) is 6.21. The van der Waals surface area contributed by atoms with E-state index in [1.54, 1.807) is 0 Å². The summed E-state index contributed by atoms with van der Waals surface area (Å²) in [5, 5.41) is 0. The van der Waals surface area contributed by atoms with Gasteiger partial charge in [0.25, 0.3) is 0 Å². The highest BCUT2D eigenvalue weighted by atomic mass is 14.1. The lowest BCUT2D eigenvalue weighted by molar-refractivity contribution is 0.946. The SMILES string of the molecule is Cc1cc(CCc2cc(C)c(C)c(C)c2)cc(C)c1C. The molecule has 0 aromatic heterocycles. The molecule has 0 aliphatic rings. The second kappa shape index (κ2) is 5.83. The molecule has 0 saturated carbocycles. The van der Waals surface area contributed by atoms with Gasteiger partial charge in [-0.1, -0.05) is 24.3 Å². The van der Waals surface area contributed by atoms with Gasteiger partial charge in [0.05, 0.1) is 0 Å². The first-order valence-electron chi connectivity index (χ1n) is 7.52. The highest BCUT2D eigenvalue weighted by Crippen LogP contribution is 2.19. The first kappa shape index (κ1) is 14.8. The van der Waals surface area contributed by atoms with Crippen LogP contribution in [0.1, 0.15) is 44.5 Å². The second-order valence-electron chi connectivity index (χ2n) is 6.21. The fourth-order valence-electron chi connectivity index (χ4n) is 2.83. The van der Waals surface area contributed by atoms with Gasteiger partial charge in [-0.15, -0.1) is 0 Å². The molecule has 0 aliphatic carbocycles. The molecule has 0 heteroatoms. The molecule has 0 saturated heterocycles. The van der Waals surface area contributed by atoms with Crippen molar-refractivity contribution in [2.75, 3.05) is 0 Å². The fourth-order valence-corrected chi connectivity index (χ4v) is 2.83. The van der Waals surface area contributed by atoms with Crippen molar-refractivity contribution in [1.29, 1.82) is 0 Å². The molecule has 2 rings (SSSR count). The number of aryl methyl sites for hydroxylation is 6. The maximum absolute atomic E-state index is 2.34. The van der Waals surface area contributed by atoms with Crippen LogP contribution in [-0.4, -0.2) is 0 Å². The molecule has 2 aromatic carbocycles. The van der Waals surface area contributed by atoms with Gasteiger partial charge in [-0.05, 0) is 98.9 Å². The summed E-state index contributed by atoms with van der Waals surface area (Å²) >= 11 is 0. The van der Waals surface area contributed by atoms with Gasteiger partial charge in [0.2, 0.25) is 0 Å². The molecule has 2 aromatic rings. The largest absolute Gasteiger partial charge is 0.0558 e. The van der Waals surface area contributed by atoms with E-state index in [1.165, 1.54) is 44.5 Å². The van der Waals surface area contributed by atoms with E-state index in [1.807, 2.05) is 0 Å². The standard InChI is InChI=1S/C20H26/c1-13-9-19(10-14(2)17(13)5)7-8-20-11-15(3)18(6)16(4)12-20/h9-12H,7-8H2,1-6H3. The maximum atomic E-state index is 2.34. The zero-order chi connectivity index (χ0) is 14.9. The molecule has 0 amide bonds. The summed E-state index contributed by atoms with van der Waals surface area (Å²) in [7, 11) is 0. The zero-order valence-corrected chi connectivity index (χ0v) is 13.7. The van der Waals surface area contributed by atoms with Gasteiger partial charge < -0.3 is 0 Å². The molecular weight excluding hydrogens is 240 g/mol. The van der Waals surface area contributed by atoms with Crippen molar-refractivity contribution < 1.29 is 0 Å². The molecular formula is C20H26. The van der Waals surface area contributed by atoms with Crippen molar-refractivity contribution in [3.63, 3.8) is 0 Å². The van der Waals surface area contributed by atoms with Gasteiger partial charge in [-0.3, -0.25) is 0 Å². The third-order valence-electron chi connectivity index (χ3n) is 4.68. The van der Waals surface area contributed by atoms with E-state index in [2.05, 4.69) is 65.8 Å². The summed E-state index contributed by atoms with van der Waals surface area (Å²) in [6.07, 6.45) is 2.26. The highest BCUT2D eigenvalue weighted by molar-refractivity contribution is 5.39. The Morgan fingerprint density at radius 3 is 1.00 bits per heavy atom. The zero-order valence-electron chi connectivity index (χ0n) is 13.7. The van der Waals surface area contributed by atoms with E-state index in [0.717, 1.165) is 12.8 Å². The van der Waals surface area contributed by atoms with Crippen molar-refractivity contribution in [2.45, 2.75) is 54.4 Å². The molecule has 106 valence electrons. The van der Waals surface area contributed by atoms with Crippen LogP contribution in [0.5, 0.6) is 0 Å². The average molecular weight is 266 g/mol. The van der Waals surface area contributed by atoms with Gasteiger partial charge in [0, 0.05) is 0 Å². The summed E-state index contributed by atoms with van der Waals surface area (Å²) in [4.78, 5) is 0. The quantitative estimate of drug-likeness (QED) is 0.705. The molecule has 0 bridgehead atoms. The lowest BCUT2D eigenvalue weighted by Gasteiger charge is -2.11. The molecule has 0 atom stereocenters. The first-order chi connectivity index (χ1) is 9.38. The number of hydrogen-bond acceptors (Lipinski definition) is 0. The van der Waals surface area contributed by atoms with Crippen molar-refractivity contribution >= 4 is 0 Å². The molecule has 0 N–H and O–H groups in total. The molecule has 0 heterocycles. The van der Waals surface area contributed by atoms with E-state index < -0.39 is 0 Å². The smallest absolute Gasteiger partial charge is 0.0238 e. The Morgan fingerprint density at radius 2 is 0.750 bits per heavy atom. The molecule has 0 radical (unpaired) electrons. The van der Waals surface area contributed by atoms with E-state index in [-0.39, 0.29) is 0 Å². The minimum absolute atomic E-state index is 1.13.